The fourth-order valence-corrected chi connectivity index (χ4v) is 4.00. The van der Waals surface area contributed by atoms with E-state index in [1.165, 1.54) is 32.2 Å². The minimum absolute atomic E-state index is 0.533. The van der Waals surface area contributed by atoms with E-state index in [0.29, 0.717) is 0 Å². The molecule has 2 rings (SSSR count). The van der Waals surface area contributed by atoms with Gasteiger partial charge >= 0.3 is 0 Å². The molecule has 0 radical (unpaired) electrons. The van der Waals surface area contributed by atoms with Crippen molar-refractivity contribution in [3.63, 3.8) is 0 Å². The van der Waals surface area contributed by atoms with Crippen LogP contribution in [0.25, 0.3) is 0 Å². The molecule has 1 aliphatic carbocycles. The van der Waals surface area contributed by atoms with E-state index in [1.807, 2.05) is 0 Å². The van der Waals surface area contributed by atoms with Gasteiger partial charge in [0.1, 0.15) is 0 Å². The smallest absolute Gasteiger partial charge is 0.0363 e. The Bertz CT molecular complexity index is 229. The zero-order chi connectivity index (χ0) is 11.4. The lowest BCUT2D eigenvalue weighted by Crippen LogP contribution is -2.41. The molecule has 1 aliphatic heterocycles. The second-order valence-corrected chi connectivity index (χ2v) is 6.97. The molecule has 0 atom stereocenters. The number of hydrogen-bond donors (Lipinski definition) is 1. The molecule has 2 fully saturated rings. The van der Waals surface area contributed by atoms with Crippen LogP contribution in [0.3, 0.4) is 0 Å². The van der Waals surface area contributed by atoms with E-state index in [9.17, 15) is 4.21 Å². The zero-order valence-corrected chi connectivity index (χ0v) is 10.9. The van der Waals surface area contributed by atoms with Crippen LogP contribution in [-0.4, -0.2) is 46.8 Å². The molecule has 0 unspecified atom stereocenters. The van der Waals surface area contributed by atoms with Crippen LogP contribution in [0.15, 0.2) is 0 Å². The third-order valence-electron chi connectivity index (χ3n) is 4.09. The molecule has 0 aromatic carbocycles. The molecule has 3 nitrogen and oxygen atoms in total. The maximum absolute atomic E-state index is 11.3. The van der Waals surface area contributed by atoms with Gasteiger partial charge in [-0.15, -0.1) is 0 Å². The van der Waals surface area contributed by atoms with Gasteiger partial charge in [-0.05, 0) is 44.1 Å². The van der Waals surface area contributed by atoms with Gasteiger partial charge < -0.3 is 10.6 Å². The summed E-state index contributed by atoms with van der Waals surface area (Å²) >= 11 is 0. The predicted molar refractivity (Wildman–Crippen MR) is 68.8 cm³/mol. The van der Waals surface area contributed by atoms with Crippen molar-refractivity contribution in [1.29, 1.82) is 0 Å². The second-order valence-electron chi connectivity index (χ2n) is 5.27. The van der Waals surface area contributed by atoms with Gasteiger partial charge in [-0.1, -0.05) is 0 Å². The van der Waals surface area contributed by atoms with Crippen LogP contribution in [-0.2, 0) is 10.8 Å². The summed E-state index contributed by atoms with van der Waals surface area (Å²) in [6.45, 7) is 4.19. The molecule has 1 saturated heterocycles. The Morgan fingerprint density at radius 3 is 2.19 bits per heavy atom. The van der Waals surface area contributed by atoms with E-state index in [0.717, 1.165) is 43.0 Å². The Kier molecular flexibility index (Phi) is 4.79. The Morgan fingerprint density at radius 1 is 1.06 bits per heavy atom. The van der Waals surface area contributed by atoms with Crippen molar-refractivity contribution in [2.24, 2.45) is 17.6 Å². The van der Waals surface area contributed by atoms with E-state index >= 15 is 0 Å². The van der Waals surface area contributed by atoms with Crippen LogP contribution in [0.5, 0.6) is 0 Å². The summed E-state index contributed by atoms with van der Waals surface area (Å²) in [6.07, 6.45) is 5.34. The Labute approximate surface area is 101 Å². The van der Waals surface area contributed by atoms with Crippen molar-refractivity contribution < 1.29 is 4.21 Å². The zero-order valence-electron chi connectivity index (χ0n) is 10.1. The summed E-state index contributed by atoms with van der Waals surface area (Å²) < 4.78 is 11.3. The second kappa shape index (κ2) is 6.12. The lowest BCUT2D eigenvalue weighted by atomic mass is 9.82. The molecule has 4 heteroatoms. The molecular formula is C12H24N2OS. The highest BCUT2D eigenvalue weighted by Gasteiger charge is 2.23. The first kappa shape index (κ1) is 12.5. The largest absolute Gasteiger partial charge is 0.330 e. The average Bonchev–Trinajstić information content (AvgIpc) is 2.33. The fourth-order valence-electron chi connectivity index (χ4n) is 2.87. The highest BCUT2D eigenvalue weighted by Crippen LogP contribution is 2.28. The predicted octanol–water partition coefficient (Wildman–Crippen LogP) is 0.816. The monoisotopic (exact) mass is 244 g/mol. The summed E-state index contributed by atoms with van der Waals surface area (Å²) in [7, 11) is -0.533. The molecule has 0 amide bonds. The number of nitrogens with zero attached hydrogens (tertiary/aromatic N) is 1. The molecule has 0 bridgehead atoms. The van der Waals surface area contributed by atoms with E-state index in [1.54, 1.807) is 0 Å². The summed E-state index contributed by atoms with van der Waals surface area (Å²) in [5.74, 6) is 3.43. The van der Waals surface area contributed by atoms with E-state index in [2.05, 4.69) is 4.90 Å². The van der Waals surface area contributed by atoms with Crippen LogP contribution in [0.4, 0.5) is 0 Å². The van der Waals surface area contributed by atoms with Gasteiger partial charge in [0.2, 0.25) is 0 Å². The lowest BCUT2D eigenvalue weighted by molar-refractivity contribution is 0.192. The third-order valence-corrected chi connectivity index (χ3v) is 5.36. The van der Waals surface area contributed by atoms with E-state index < -0.39 is 10.8 Å². The molecule has 94 valence electrons. The molecule has 2 N–H and O–H groups in total. The van der Waals surface area contributed by atoms with Crippen molar-refractivity contribution in [2.75, 3.05) is 37.7 Å². The highest BCUT2D eigenvalue weighted by atomic mass is 32.2. The van der Waals surface area contributed by atoms with Crippen LogP contribution in [0, 0.1) is 11.8 Å². The maximum Gasteiger partial charge on any atom is 0.0363 e. The maximum atomic E-state index is 11.3. The van der Waals surface area contributed by atoms with Crippen molar-refractivity contribution >= 4 is 10.8 Å². The summed E-state index contributed by atoms with van der Waals surface area (Å²) in [5.41, 5.74) is 5.70. The number of rotatable bonds is 3. The first-order valence-electron chi connectivity index (χ1n) is 6.55. The Hall–Kier alpha value is 0.0700. The Balaban J connectivity index is 1.68. The minimum atomic E-state index is -0.533. The van der Waals surface area contributed by atoms with Gasteiger partial charge in [-0.3, -0.25) is 4.21 Å². The Morgan fingerprint density at radius 2 is 1.62 bits per heavy atom. The molecule has 0 aromatic rings. The first-order chi connectivity index (χ1) is 7.78. The van der Waals surface area contributed by atoms with Gasteiger partial charge in [0, 0.05) is 41.9 Å². The summed E-state index contributed by atoms with van der Waals surface area (Å²) in [4.78, 5) is 2.51. The van der Waals surface area contributed by atoms with Crippen LogP contribution >= 0.6 is 0 Å². The van der Waals surface area contributed by atoms with E-state index in [4.69, 9.17) is 5.73 Å². The lowest BCUT2D eigenvalue weighted by Gasteiger charge is -2.33. The van der Waals surface area contributed by atoms with Gasteiger partial charge in [0.25, 0.3) is 0 Å². The average molecular weight is 244 g/mol. The summed E-state index contributed by atoms with van der Waals surface area (Å²) in [5, 5.41) is 0. The van der Waals surface area contributed by atoms with Gasteiger partial charge in [-0.2, -0.15) is 0 Å². The van der Waals surface area contributed by atoms with Gasteiger partial charge in [0.15, 0.2) is 0 Å². The van der Waals surface area contributed by atoms with Crippen molar-refractivity contribution in [1.82, 2.24) is 4.90 Å². The minimum Gasteiger partial charge on any atom is -0.330 e. The number of nitrogens with two attached hydrogens (primary N) is 1. The van der Waals surface area contributed by atoms with Crippen molar-refractivity contribution in [3.05, 3.63) is 0 Å². The molecule has 1 saturated carbocycles. The first-order valence-corrected chi connectivity index (χ1v) is 8.04. The summed E-state index contributed by atoms with van der Waals surface area (Å²) in [6, 6.07) is 0. The van der Waals surface area contributed by atoms with E-state index in [-0.39, 0.29) is 0 Å². The van der Waals surface area contributed by atoms with Crippen molar-refractivity contribution in [3.8, 4) is 0 Å². The van der Waals surface area contributed by atoms with Gasteiger partial charge in [-0.25, -0.2) is 0 Å². The normalized spacial score (nSPS) is 34.1. The number of hydrogen-bond acceptors (Lipinski definition) is 3. The third kappa shape index (κ3) is 3.54. The molecular weight excluding hydrogens is 220 g/mol. The molecule has 1 heterocycles. The standard InChI is InChI=1S/C12H24N2OS/c13-9-11-1-3-12(4-2-11)10-14-5-7-16(15)8-6-14/h11-12H,1-10,13H2. The molecule has 16 heavy (non-hydrogen) atoms. The highest BCUT2D eigenvalue weighted by molar-refractivity contribution is 7.85. The van der Waals surface area contributed by atoms with Gasteiger partial charge in [0.05, 0.1) is 0 Å². The van der Waals surface area contributed by atoms with Crippen molar-refractivity contribution in [2.45, 2.75) is 25.7 Å². The quantitative estimate of drug-likeness (QED) is 0.799. The molecule has 0 aromatic heterocycles. The van der Waals surface area contributed by atoms with Crippen LogP contribution < -0.4 is 5.73 Å². The SMILES string of the molecule is NCC1CCC(CN2CCS(=O)CC2)CC1. The van der Waals surface area contributed by atoms with Crippen LogP contribution in [0.2, 0.25) is 0 Å². The fraction of sp³-hybridized carbons (Fsp3) is 1.00. The van der Waals surface area contributed by atoms with Crippen LogP contribution in [0.1, 0.15) is 25.7 Å². The molecule has 2 aliphatic rings. The molecule has 0 spiro atoms. The topological polar surface area (TPSA) is 46.3 Å².